The molecule has 0 unspecified atom stereocenters. The maximum absolute atomic E-state index is 12.6. The van der Waals surface area contributed by atoms with Crippen LogP contribution in [-0.4, -0.2) is 54.0 Å². The highest BCUT2D eigenvalue weighted by Gasteiger charge is 2.36. The summed E-state index contributed by atoms with van der Waals surface area (Å²) in [7, 11) is 0. The molecule has 1 aliphatic heterocycles. The monoisotopic (exact) mass is 343 g/mol. The molecule has 1 aliphatic rings. The number of carbonyl (C=O) groups excluding carboxylic acids is 2. The van der Waals surface area contributed by atoms with E-state index in [0.717, 1.165) is 17.3 Å². The van der Waals surface area contributed by atoms with Gasteiger partial charge in [0, 0.05) is 43.3 Å². The molecule has 1 aromatic heterocycles. The third kappa shape index (κ3) is 4.02. The molecule has 1 aromatic carbocycles. The first-order chi connectivity index (χ1) is 12.1. The topological polar surface area (TPSA) is 74.4 Å². The summed E-state index contributed by atoms with van der Waals surface area (Å²) in [6.45, 7) is 6.20. The van der Waals surface area contributed by atoms with E-state index in [1.807, 2.05) is 38.1 Å². The van der Waals surface area contributed by atoms with Gasteiger partial charge in [0.25, 0.3) is 5.91 Å². The summed E-state index contributed by atoms with van der Waals surface area (Å²) in [6.07, 6.45) is 2.76. The van der Waals surface area contributed by atoms with Gasteiger partial charge in [0.2, 0.25) is 5.91 Å². The lowest BCUT2D eigenvalue weighted by atomic mass is 9.97. The van der Waals surface area contributed by atoms with Gasteiger partial charge in [0.15, 0.2) is 0 Å². The largest absolute Gasteiger partial charge is 0.379 e. The molecule has 6 heteroatoms. The molecule has 1 saturated heterocycles. The van der Waals surface area contributed by atoms with Crippen molar-refractivity contribution >= 4 is 22.7 Å². The number of fused-ring (bicyclic) bond motifs is 1. The number of benzene rings is 1. The van der Waals surface area contributed by atoms with Gasteiger partial charge in [-0.1, -0.05) is 18.2 Å². The van der Waals surface area contributed by atoms with Crippen molar-refractivity contribution in [1.82, 2.24) is 15.2 Å². The maximum Gasteiger partial charge on any atom is 0.256 e. The first kappa shape index (κ1) is 17.5. The number of carbonyl (C=O) groups is 2. The average molecular weight is 343 g/mol. The number of nitrogens with zero attached hydrogens (tertiary/aromatic N) is 1. The molecule has 1 fully saturated rings. The Hall–Kier alpha value is -2.34. The zero-order valence-electron chi connectivity index (χ0n) is 14.7. The number of likely N-dealkylation sites (tertiary alicyclic amines) is 1. The van der Waals surface area contributed by atoms with Crippen LogP contribution in [0.2, 0.25) is 0 Å². The second-order valence-corrected chi connectivity index (χ2v) is 6.72. The molecule has 0 radical (unpaired) electrons. The summed E-state index contributed by atoms with van der Waals surface area (Å²) < 4.78 is 5.44. The van der Waals surface area contributed by atoms with Crippen molar-refractivity contribution in [3.8, 4) is 0 Å². The van der Waals surface area contributed by atoms with Crippen LogP contribution < -0.4 is 5.32 Å². The number of H-pyrrole nitrogens is 1. The standard InChI is InChI=1S/C19H25N3O3/c1-13(2)25-9-5-8-20-18(23)14-11-22(12-14)19(24)16-10-21-17-7-4-3-6-15(16)17/h3-4,6-7,10,13-14,21H,5,8-9,11-12H2,1-2H3,(H,20,23). The summed E-state index contributed by atoms with van der Waals surface area (Å²) in [4.78, 5) is 29.5. The number of nitrogens with one attached hydrogen (secondary N) is 2. The van der Waals surface area contributed by atoms with E-state index >= 15 is 0 Å². The Kier molecular flexibility index (Phi) is 5.38. The second kappa shape index (κ2) is 7.70. The number of amides is 2. The van der Waals surface area contributed by atoms with E-state index in [1.165, 1.54) is 0 Å². The number of para-hydroxylation sites is 1. The number of hydrogen-bond donors (Lipinski definition) is 2. The van der Waals surface area contributed by atoms with Crippen LogP contribution in [0.25, 0.3) is 10.9 Å². The normalized spacial score (nSPS) is 14.8. The minimum Gasteiger partial charge on any atom is -0.379 e. The highest BCUT2D eigenvalue weighted by atomic mass is 16.5. The number of aromatic nitrogens is 1. The molecule has 0 aliphatic carbocycles. The highest BCUT2D eigenvalue weighted by molar-refractivity contribution is 6.07. The van der Waals surface area contributed by atoms with Gasteiger partial charge < -0.3 is 19.9 Å². The molecular weight excluding hydrogens is 318 g/mol. The van der Waals surface area contributed by atoms with Gasteiger partial charge in [0.05, 0.1) is 17.6 Å². The zero-order chi connectivity index (χ0) is 17.8. The van der Waals surface area contributed by atoms with Crippen LogP contribution in [0.3, 0.4) is 0 Å². The van der Waals surface area contributed by atoms with Crippen LogP contribution in [0.1, 0.15) is 30.6 Å². The van der Waals surface area contributed by atoms with Crippen molar-refractivity contribution in [3.05, 3.63) is 36.0 Å². The summed E-state index contributed by atoms with van der Waals surface area (Å²) in [5.41, 5.74) is 1.62. The Labute approximate surface area is 147 Å². The molecule has 0 saturated carbocycles. The van der Waals surface area contributed by atoms with Crippen LogP contribution in [0.15, 0.2) is 30.5 Å². The SMILES string of the molecule is CC(C)OCCCNC(=O)C1CN(C(=O)c2c[nH]c3ccccc23)C1. The van der Waals surface area contributed by atoms with Crippen LogP contribution in [0.5, 0.6) is 0 Å². The molecule has 2 heterocycles. The van der Waals surface area contributed by atoms with Gasteiger partial charge in [-0.15, -0.1) is 0 Å². The van der Waals surface area contributed by atoms with Gasteiger partial charge in [-0.25, -0.2) is 0 Å². The summed E-state index contributed by atoms with van der Waals surface area (Å²) in [5.74, 6) is -0.112. The van der Waals surface area contributed by atoms with E-state index in [4.69, 9.17) is 4.74 Å². The molecule has 6 nitrogen and oxygen atoms in total. The lowest BCUT2D eigenvalue weighted by Crippen LogP contribution is -2.55. The van der Waals surface area contributed by atoms with Gasteiger partial charge in [0.1, 0.15) is 0 Å². The Bertz CT molecular complexity index is 747. The Balaban J connectivity index is 1.44. The molecule has 2 N–H and O–H groups in total. The van der Waals surface area contributed by atoms with Crippen molar-refractivity contribution < 1.29 is 14.3 Å². The van der Waals surface area contributed by atoms with Crippen LogP contribution in [0.4, 0.5) is 0 Å². The van der Waals surface area contributed by atoms with E-state index in [2.05, 4.69) is 10.3 Å². The smallest absolute Gasteiger partial charge is 0.256 e. The third-order valence-corrected chi connectivity index (χ3v) is 4.43. The predicted octanol–water partition coefficient (Wildman–Crippen LogP) is 2.17. The van der Waals surface area contributed by atoms with E-state index in [0.29, 0.717) is 31.8 Å². The van der Waals surface area contributed by atoms with Gasteiger partial charge in [-0.2, -0.15) is 0 Å². The minimum absolute atomic E-state index is 0.0209. The first-order valence-corrected chi connectivity index (χ1v) is 8.81. The van der Waals surface area contributed by atoms with E-state index in [1.54, 1.807) is 11.1 Å². The van der Waals surface area contributed by atoms with Crippen molar-refractivity contribution in [2.24, 2.45) is 5.92 Å². The Morgan fingerprint density at radius 3 is 2.84 bits per heavy atom. The van der Waals surface area contributed by atoms with Crippen LogP contribution in [0, 0.1) is 5.92 Å². The molecule has 3 rings (SSSR count). The van der Waals surface area contributed by atoms with Gasteiger partial charge in [-0.3, -0.25) is 9.59 Å². The zero-order valence-corrected chi connectivity index (χ0v) is 14.7. The molecule has 25 heavy (non-hydrogen) atoms. The summed E-state index contributed by atoms with van der Waals surface area (Å²) in [6, 6.07) is 7.73. The molecule has 2 amide bonds. The molecular formula is C19H25N3O3. The van der Waals surface area contributed by atoms with Gasteiger partial charge >= 0.3 is 0 Å². The van der Waals surface area contributed by atoms with Crippen molar-refractivity contribution in [1.29, 1.82) is 0 Å². The lowest BCUT2D eigenvalue weighted by molar-refractivity contribution is -0.129. The van der Waals surface area contributed by atoms with Crippen molar-refractivity contribution in [2.45, 2.75) is 26.4 Å². The van der Waals surface area contributed by atoms with E-state index in [-0.39, 0.29) is 23.8 Å². The fourth-order valence-corrected chi connectivity index (χ4v) is 2.98. The number of ether oxygens (including phenoxy) is 1. The van der Waals surface area contributed by atoms with Crippen LogP contribution in [-0.2, 0) is 9.53 Å². The van der Waals surface area contributed by atoms with E-state index in [9.17, 15) is 9.59 Å². The third-order valence-electron chi connectivity index (χ3n) is 4.43. The molecule has 2 aromatic rings. The molecule has 134 valence electrons. The average Bonchev–Trinajstić information content (AvgIpc) is 2.96. The maximum atomic E-state index is 12.6. The number of rotatable bonds is 7. The summed E-state index contributed by atoms with van der Waals surface area (Å²) >= 11 is 0. The minimum atomic E-state index is -0.111. The first-order valence-electron chi connectivity index (χ1n) is 8.81. The highest BCUT2D eigenvalue weighted by Crippen LogP contribution is 2.24. The number of hydrogen-bond acceptors (Lipinski definition) is 3. The fourth-order valence-electron chi connectivity index (χ4n) is 2.98. The lowest BCUT2D eigenvalue weighted by Gasteiger charge is -2.38. The fraction of sp³-hybridized carbons (Fsp3) is 0.474. The quantitative estimate of drug-likeness (QED) is 0.757. The number of aromatic amines is 1. The van der Waals surface area contributed by atoms with Gasteiger partial charge in [-0.05, 0) is 26.3 Å². The molecule has 0 bridgehead atoms. The predicted molar refractivity (Wildman–Crippen MR) is 96.4 cm³/mol. The van der Waals surface area contributed by atoms with E-state index < -0.39 is 0 Å². The Morgan fingerprint density at radius 2 is 2.08 bits per heavy atom. The second-order valence-electron chi connectivity index (χ2n) is 6.72. The molecule has 0 atom stereocenters. The molecule has 0 spiro atoms. The van der Waals surface area contributed by atoms with Crippen molar-refractivity contribution in [3.63, 3.8) is 0 Å². The van der Waals surface area contributed by atoms with Crippen molar-refractivity contribution in [2.75, 3.05) is 26.2 Å². The Morgan fingerprint density at radius 1 is 1.32 bits per heavy atom. The summed E-state index contributed by atoms with van der Waals surface area (Å²) in [5, 5.41) is 3.84. The van der Waals surface area contributed by atoms with Crippen LogP contribution >= 0.6 is 0 Å².